The Morgan fingerprint density at radius 2 is 2.07 bits per heavy atom. The summed E-state index contributed by atoms with van der Waals surface area (Å²) in [5.41, 5.74) is 3.45. The number of aromatic nitrogens is 3. The molecule has 2 heterocycles. The highest BCUT2D eigenvalue weighted by Gasteiger charge is 2.28. The number of carbonyl (C=O) groups excluding carboxylic acids is 1. The molecular formula is C19H21ClN4O2S. The monoisotopic (exact) mass is 404 g/mol. The van der Waals surface area contributed by atoms with E-state index in [1.54, 1.807) is 13.1 Å². The van der Waals surface area contributed by atoms with Gasteiger partial charge in [0.2, 0.25) is 0 Å². The maximum atomic E-state index is 12.7. The molecule has 1 aromatic carbocycles. The molecule has 2 aromatic heterocycles. The molecule has 142 valence electrons. The first kappa shape index (κ1) is 19.5. The molecule has 0 bridgehead atoms. The third kappa shape index (κ3) is 4.37. The summed E-state index contributed by atoms with van der Waals surface area (Å²) in [5.74, 6) is -0.327. The smallest absolute Gasteiger partial charge is 0.327 e. The number of para-hydroxylation sites is 1. The number of carbonyl (C=O) groups is 1. The quantitative estimate of drug-likeness (QED) is 0.603. The Morgan fingerprint density at radius 1 is 1.33 bits per heavy atom. The van der Waals surface area contributed by atoms with E-state index >= 15 is 0 Å². The number of halogens is 1. The van der Waals surface area contributed by atoms with E-state index in [0.29, 0.717) is 17.6 Å². The maximum Gasteiger partial charge on any atom is 0.327 e. The molecule has 1 N–H and O–H groups in total. The Balaban J connectivity index is 1.94. The van der Waals surface area contributed by atoms with Gasteiger partial charge in [0.1, 0.15) is 6.04 Å². The molecule has 0 fully saturated rings. The van der Waals surface area contributed by atoms with Gasteiger partial charge in [-0.3, -0.25) is 5.32 Å². The Labute approximate surface area is 167 Å². The molecule has 0 aliphatic rings. The molecule has 0 radical (unpaired) electrons. The van der Waals surface area contributed by atoms with Crippen molar-refractivity contribution in [3.8, 4) is 5.69 Å². The molecule has 0 saturated carbocycles. The molecular weight excluding hydrogens is 384 g/mol. The normalized spacial score (nSPS) is 12.1. The summed E-state index contributed by atoms with van der Waals surface area (Å²) in [6.45, 7) is 6.43. The van der Waals surface area contributed by atoms with Crippen LogP contribution in [0.1, 0.15) is 34.8 Å². The molecule has 6 nitrogen and oxygen atoms in total. The van der Waals surface area contributed by atoms with Gasteiger partial charge in [-0.05, 0) is 32.9 Å². The number of nitrogens with zero attached hydrogens (tertiary/aromatic N) is 3. The Morgan fingerprint density at radius 3 is 2.70 bits per heavy atom. The van der Waals surface area contributed by atoms with Crippen molar-refractivity contribution in [3.63, 3.8) is 0 Å². The van der Waals surface area contributed by atoms with Crippen LogP contribution in [0.3, 0.4) is 0 Å². The number of ether oxygens (including phenoxy) is 1. The third-order valence-corrected chi connectivity index (χ3v) is 5.28. The average molecular weight is 405 g/mol. The summed E-state index contributed by atoms with van der Waals surface area (Å²) >= 11 is 7.28. The fraction of sp³-hybridized carbons (Fsp3) is 0.316. The lowest BCUT2D eigenvalue weighted by Crippen LogP contribution is -2.30. The van der Waals surface area contributed by atoms with Crippen LogP contribution in [0.2, 0.25) is 4.47 Å². The van der Waals surface area contributed by atoms with E-state index in [1.165, 1.54) is 11.3 Å². The number of hydrogen-bond acceptors (Lipinski definition) is 6. The zero-order valence-corrected chi connectivity index (χ0v) is 17.0. The Hall–Kier alpha value is -2.22. The second kappa shape index (κ2) is 8.65. The first-order chi connectivity index (χ1) is 13.0. The van der Waals surface area contributed by atoms with E-state index in [-0.39, 0.29) is 5.97 Å². The van der Waals surface area contributed by atoms with Gasteiger partial charge in [-0.15, -0.1) is 11.3 Å². The second-order valence-electron chi connectivity index (χ2n) is 5.98. The predicted molar refractivity (Wildman–Crippen MR) is 106 cm³/mol. The van der Waals surface area contributed by atoms with Crippen molar-refractivity contribution in [2.75, 3.05) is 6.61 Å². The number of hydrogen-bond donors (Lipinski definition) is 1. The minimum Gasteiger partial charge on any atom is -0.465 e. The van der Waals surface area contributed by atoms with Crippen LogP contribution in [-0.2, 0) is 16.1 Å². The van der Waals surface area contributed by atoms with Gasteiger partial charge in [0.15, 0.2) is 4.47 Å². The van der Waals surface area contributed by atoms with Crippen LogP contribution in [0, 0.1) is 13.8 Å². The standard InChI is InChI=1S/C19H21ClN4O2S/c1-4-26-18(25)17(21-10-15-11-22-19(20)27-15)16-12(2)23-24(13(16)3)14-8-6-5-7-9-14/h5-9,11,17,21H,4,10H2,1-3H3. The molecule has 3 rings (SSSR count). The number of thiazole rings is 1. The fourth-order valence-electron chi connectivity index (χ4n) is 2.99. The Kier molecular flexibility index (Phi) is 6.26. The molecule has 3 aromatic rings. The summed E-state index contributed by atoms with van der Waals surface area (Å²) in [4.78, 5) is 17.6. The number of nitrogens with one attached hydrogen (secondary N) is 1. The predicted octanol–water partition coefficient (Wildman–Crippen LogP) is 3.99. The van der Waals surface area contributed by atoms with E-state index in [1.807, 2.05) is 48.9 Å². The van der Waals surface area contributed by atoms with Crippen LogP contribution < -0.4 is 5.32 Å². The summed E-state index contributed by atoms with van der Waals surface area (Å²) < 4.78 is 7.63. The van der Waals surface area contributed by atoms with Crippen molar-refractivity contribution in [2.45, 2.75) is 33.4 Å². The van der Waals surface area contributed by atoms with Crippen molar-refractivity contribution >= 4 is 28.9 Å². The van der Waals surface area contributed by atoms with Gasteiger partial charge in [-0.25, -0.2) is 14.5 Å². The SMILES string of the molecule is CCOC(=O)C(NCc1cnc(Cl)s1)c1c(C)nn(-c2ccccc2)c1C. The van der Waals surface area contributed by atoms with Crippen LogP contribution in [0.4, 0.5) is 0 Å². The number of aryl methyl sites for hydroxylation is 1. The van der Waals surface area contributed by atoms with Crippen LogP contribution in [0.15, 0.2) is 36.5 Å². The largest absolute Gasteiger partial charge is 0.465 e. The lowest BCUT2D eigenvalue weighted by Gasteiger charge is -2.18. The second-order valence-corrected chi connectivity index (χ2v) is 7.67. The van der Waals surface area contributed by atoms with E-state index < -0.39 is 6.04 Å². The molecule has 0 spiro atoms. The van der Waals surface area contributed by atoms with E-state index in [4.69, 9.17) is 16.3 Å². The van der Waals surface area contributed by atoms with Gasteiger partial charge in [-0.1, -0.05) is 29.8 Å². The zero-order chi connectivity index (χ0) is 19.4. The highest BCUT2D eigenvalue weighted by atomic mass is 35.5. The summed E-state index contributed by atoms with van der Waals surface area (Å²) in [6, 6.07) is 9.22. The lowest BCUT2D eigenvalue weighted by atomic mass is 10.0. The molecule has 8 heteroatoms. The molecule has 1 unspecified atom stereocenters. The maximum absolute atomic E-state index is 12.7. The van der Waals surface area contributed by atoms with Gasteiger partial charge in [0, 0.05) is 28.9 Å². The number of esters is 1. The van der Waals surface area contributed by atoms with Crippen molar-refractivity contribution in [1.29, 1.82) is 0 Å². The summed E-state index contributed by atoms with van der Waals surface area (Å²) in [7, 11) is 0. The van der Waals surface area contributed by atoms with Crippen LogP contribution in [0.5, 0.6) is 0 Å². The van der Waals surface area contributed by atoms with Crippen LogP contribution in [-0.4, -0.2) is 27.3 Å². The molecule has 0 amide bonds. The molecule has 0 aliphatic heterocycles. The highest BCUT2D eigenvalue weighted by molar-refractivity contribution is 7.15. The summed E-state index contributed by atoms with van der Waals surface area (Å²) in [5, 5.41) is 7.92. The Bertz CT molecular complexity index is 923. The zero-order valence-electron chi connectivity index (χ0n) is 15.4. The topological polar surface area (TPSA) is 69.0 Å². The van der Waals surface area contributed by atoms with Gasteiger partial charge in [0.25, 0.3) is 0 Å². The molecule has 0 saturated heterocycles. The minimum atomic E-state index is -0.622. The van der Waals surface area contributed by atoms with Crippen molar-refractivity contribution < 1.29 is 9.53 Å². The first-order valence-corrected chi connectivity index (χ1v) is 9.82. The van der Waals surface area contributed by atoms with Crippen molar-refractivity contribution in [2.24, 2.45) is 0 Å². The third-order valence-electron chi connectivity index (χ3n) is 4.16. The van der Waals surface area contributed by atoms with Gasteiger partial charge in [-0.2, -0.15) is 5.10 Å². The van der Waals surface area contributed by atoms with E-state index in [0.717, 1.165) is 27.5 Å². The van der Waals surface area contributed by atoms with Crippen molar-refractivity contribution in [1.82, 2.24) is 20.1 Å². The lowest BCUT2D eigenvalue weighted by molar-refractivity contribution is -0.146. The molecule has 1 atom stereocenters. The fourth-order valence-corrected chi connectivity index (χ4v) is 3.92. The van der Waals surface area contributed by atoms with Gasteiger partial charge in [0.05, 0.1) is 18.0 Å². The first-order valence-electron chi connectivity index (χ1n) is 8.63. The number of benzene rings is 1. The van der Waals surface area contributed by atoms with Gasteiger partial charge < -0.3 is 4.74 Å². The molecule has 27 heavy (non-hydrogen) atoms. The minimum absolute atomic E-state index is 0.314. The molecule has 0 aliphatic carbocycles. The van der Waals surface area contributed by atoms with Gasteiger partial charge >= 0.3 is 5.97 Å². The number of rotatable bonds is 7. The van der Waals surface area contributed by atoms with Crippen LogP contribution in [0.25, 0.3) is 5.69 Å². The van der Waals surface area contributed by atoms with Crippen molar-refractivity contribution in [3.05, 3.63) is 62.8 Å². The highest BCUT2D eigenvalue weighted by Crippen LogP contribution is 2.26. The average Bonchev–Trinajstić information content (AvgIpc) is 3.20. The van der Waals surface area contributed by atoms with E-state index in [9.17, 15) is 4.79 Å². The van der Waals surface area contributed by atoms with Crippen LogP contribution >= 0.6 is 22.9 Å². The summed E-state index contributed by atoms with van der Waals surface area (Å²) in [6.07, 6.45) is 1.70. The van der Waals surface area contributed by atoms with E-state index in [2.05, 4.69) is 15.4 Å².